The van der Waals surface area contributed by atoms with Gasteiger partial charge in [0, 0.05) is 39.0 Å². The number of rotatable bonds is 3. The fourth-order valence-corrected chi connectivity index (χ4v) is 5.81. The molecule has 6 rings (SSSR count). The number of carbonyl (C=O) groups is 1. The molecule has 1 spiro atoms. The van der Waals surface area contributed by atoms with E-state index in [-0.39, 0.29) is 29.7 Å². The first-order valence-corrected chi connectivity index (χ1v) is 11.3. The first-order valence-electron chi connectivity index (χ1n) is 11.3. The maximum absolute atomic E-state index is 15.3. The van der Waals surface area contributed by atoms with Crippen LogP contribution in [-0.2, 0) is 17.6 Å². The van der Waals surface area contributed by atoms with Crippen molar-refractivity contribution in [3.63, 3.8) is 0 Å². The van der Waals surface area contributed by atoms with Gasteiger partial charge in [0.25, 0.3) is 0 Å². The zero-order valence-corrected chi connectivity index (χ0v) is 17.4. The van der Waals surface area contributed by atoms with E-state index < -0.39 is 0 Å². The summed E-state index contributed by atoms with van der Waals surface area (Å²) in [6, 6.07) is 2.01. The molecule has 1 aliphatic carbocycles. The number of fused-ring (bicyclic) bond motifs is 2. The van der Waals surface area contributed by atoms with Crippen molar-refractivity contribution in [2.75, 3.05) is 32.7 Å². The number of amides is 1. The number of hydrogen-bond donors (Lipinski definition) is 4. The molecule has 4 N–H and O–H groups in total. The summed E-state index contributed by atoms with van der Waals surface area (Å²) in [4.78, 5) is 21.6. The van der Waals surface area contributed by atoms with Crippen molar-refractivity contribution in [3.8, 4) is 0 Å². The van der Waals surface area contributed by atoms with E-state index in [9.17, 15) is 9.90 Å². The molecule has 3 fully saturated rings. The highest BCUT2D eigenvalue weighted by atomic mass is 19.1. The number of carbonyl (C=O) groups excluding carboxylic acids is 1. The van der Waals surface area contributed by atoms with Crippen molar-refractivity contribution >= 4 is 17.1 Å². The van der Waals surface area contributed by atoms with Crippen LogP contribution in [0.4, 0.5) is 9.18 Å². The number of β-amino-alcohol motifs (C(OH)–C–C–N with tert-alkyl or cyclic N) is 1. The highest BCUT2D eigenvalue weighted by molar-refractivity contribution is 5.78. The van der Waals surface area contributed by atoms with Gasteiger partial charge in [0.05, 0.1) is 24.2 Å². The minimum Gasteiger partial charge on any atom is -0.441 e. The Hall–Kier alpha value is -2.23. The molecule has 1 aromatic heterocycles. The van der Waals surface area contributed by atoms with E-state index in [0.29, 0.717) is 36.8 Å². The number of aromatic nitrogens is 2. The van der Waals surface area contributed by atoms with Gasteiger partial charge in [0.2, 0.25) is 0 Å². The van der Waals surface area contributed by atoms with Gasteiger partial charge in [-0.15, -0.1) is 0 Å². The number of benzene rings is 1. The minimum absolute atomic E-state index is 0.0545. The average molecular weight is 429 g/mol. The molecular formula is C22H28FN5O3. The largest absolute Gasteiger partial charge is 0.441 e. The van der Waals surface area contributed by atoms with Crippen LogP contribution in [0, 0.1) is 11.7 Å². The lowest BCUT2D eigenvalue weighted by Gasteiger charge is -2.38. The second kappa shape index (κ2) is 7.15. The van der Waals surface area contributed by atoms with Gasteiger partial charge >= 0.3 is 6.09 Å². The number of nitrogens with zero attached hydrogens (tertiary/aromatic N) is 2. The highest BCUT2D eigenvalue weighted by Crippen LogP contribution is 2.36. The lowest BCUT2D eigenvalue weighted by molar-refractivity contribution is -0.00215. The molecule has 2 aromatic rings. The molecule has 8 nitrogen and oxygen atoms in total. The van der Waals surface area contributed by atoms with Crippen LogP contribution in [0.5, 0.6) is 0 Å². The van der Waals surface area contributed by atoms with E-state index in [1.807, 2.05) is 0 Å². The second-order valence-corrected chi connectivity index (χ2v) is 9.70. The van der Waals surface area contributed by atoms with Gasteiger partial charge in [-0.1, -0.05) is 0 Å². The maximum atomic E-state index is 15.3. The van der Waals surface area contributed by atoms with Crippen LogP contribution in [-0.4, -0.2) is 70.5 Å². The molecule has 9 heteroatoms. The Labute approximate surface area is 179 Å². The smallest absolute Gasteiger partial charge is 0.407 e. The predicted octanol–water partition coefficient (Wildman–Crippen LogP) is 1.39. The summed E-state index contributed by atoms with van der Waals surface area (Å²) in [5, 5.41) is 15.8. The Morgan fingerprint density at radius 1 is 1.32 bits per heavy atom. The standard InChI is InChI=1S/C22H28FN5O3/c23-18-15-6-12(10-28-3-1-22(2-4-28)11-25-21(30)31-22)5-13(15)7-16-19(18)27-20(26-16)17-8-14(29)9-24-17/h7,12,14,17,24,29H,1-6,8-11H2,(H,25,30)(H,26,27)/t12?,14-,17+/m1/s1. The van der Waals surface area contributed by atoms with E-state index in [1.54, 1.807) is 0 Å². The predicted molar refractivity (Wildman–Crippen MR) is 111 cm³/mol. The quantitative estimate of drug-likeness (QED) is 0.588. The maximum Gasteiger partial charge on any atom is 0.407 e. The molecule has 1 unspecified atom stereocenters. The highest BCUT2D eigenvalue weighted by Gasteiger charge is 2.43. The number of nitrogens with one attached hydrogen (secondary N) is 3. The third kappa shape index (κ3) is 3.39. The summed E-state index contributed by atoms with van der Waals surface area (Å²) < 4.78 is 20.8. The van der Waals surface area contributed by atoms with E-state index in [4.69, 9.17) is 4.74 Å². The minimum atomic E-state index is -0.379. The Kier molecular flexibility index (Phi) is 4.49. The van der Waals surface area contributed by atoms with Gasteiger partial charge in [-0.2, -0.15) is 0 Å². The number of halogens is 1. The number of imidazole rings is 1. The number of aliphatic hydroxyl groups is 1. The van der Waals surface area contributed by atoms with E-state index in [0.717, 1.165) is 62.0 Å². The lowest BCUT2D eigenvalue weighted by Crippen LogP contribution is -2.47. The van der Waals surface area contributed by atoms with Gasteiger partial charge in [-0.3, -0.25) is 0 Å². The zero-order valence-electron chi connectivity index (χ0n) is 17.4. The second-order valence-electron chi connectivity index (χ2n) is 9.70. The Bertz CT molecular complexity index is 1030. The Balaban J connectivity index is 1.13. The van der Waals surface area contributed by atoms with Crippen molar-refractivity contribution in [2.45, 2.75) is 49.9 Å². The topological polar surface area (TPSA) is 103 Å². The van der Waals surface area contributed by atoms with Crippen molar-refractivity contribution in [1.29, 1.82) is 0 Å². The molecular weight excluding hydrogens is 401 g/mol. The molecule has 3 saturated heterocycles. The van der Waals surface area contributed by atoms with Gasteiger partial charge in [-0.05, 0) is 42.4 Å². The number of piperidine rings is 1. The number of aromatic amines is 1. The molecule has 3 atom stereocenters. The number of alkyl carbamates (subject to hydrolysis) is 1. The molecule has 166 valence electrons. The van der Waals surface area contributed by atoms with E-state index in [2.05, 4.69) is 31.6 Å². The van der Waals surface area contributed by atoms with Crippen LogP contribution in [0.1, 0.15) is 42.3 Å². The summed E-state index contributed by atoms with van der Waals surface area (Å²) in [6.07, 6.45) is 3.21. The molecule has 1 amide bonds. The zero-order chi connectivity index (χ0) is 21.2. The van der Waals surface area contributed by atoms with Crippen molar-refractivity contribution in [2.24, 2.45) is 5.92 Å². The van der Waals surface area contributed by atoms with Crippen LogP contribution >= 0.6 is 0 Å². The van der Waals surface area contributed by atoms with Crippen molar-refractivity contribution < 1.29 is 19.0 Å². The monoisotopic (exact) mass is 429 g/mol. The van der Waals surface area contributed by atoms with Crippen LogP contribution in [0.25, 0.3) is 11.0 Å². The summed E-state index contributed by atoms with van der Waals surface area (Å²) >= 11 is 0. The molecule has 0 radical (unpaired) electrons. The number of hydrogen-bond acceptors (Lipinski definition) is 6. The first kappa shape index (κ1) is 19.5. The first-order chi connectivity index (χ1) is 15.0. The van der Waals surface area contributed by atoms with Crippen molar-refractivity contribution in [3.05, 3.63) is 28.8 Å². The van der Waals surface area contributed by atoms with Gasteiger partial charge in [0.15, 0.2) is 5.82 Å². The lowest BCUT2D eigenvalue weighted by atomic mass is 9.91. The van der Waals surface area contributed by atoms with Crippen LogP contribution in [0.2, 0.25) is 0 Å². The summed E-state index contributed by atoms with van der Waals surface area (Å²) in [5.74, 6) is 0.896. The Morgan fingerprint density at radius 2 is 2.16 bits per heavy atom. The average Bonchev–Trinajstić information content (AvgIpc) is 3.51. The molecule has 4 aliphatic rings. The van der Waals surface area contributed by atoms with Crippen LogP contribution in [0.3, 0.4) is 0 Å². The van der Waals surface area contributed by atoms with Crippen LogP contribution in [0.15, 0.2) is 6.07 Å². The normalized spacial score (nSPS) is 30.1. The van der Waals surface area contributed by atoms with E-state index >= 15 is 4.39 Å². The molecule has 0 bridgehead atoms. The molecule has 4 heterocycles. The van der Waals surface area contributed by atoms with Crippen LogP contribution < -0.4 is 10.6 Å². The fraction of sp³-hybridized carbons (Fsp3) is 0.636. The molecule has 1 aromatic carbocycles. The number of ether oxygens (including phenoxy) is 1. The third-order valence-electron chi connectivity index (χ3n) is 7.52. The molecule has 31 heavy (non-hydrogen) atoms. The summed E-state index contributed by atoms with van der Waals surface area (Å²) in [7, 11) is 0. The summed E-state index contributed by atoms with van der Waals surface area (Å²) in [5.41, 5.74) is 2.70. The van der Waals surface area contributed by atoms with Gasteiger partial charge in [0.1, 0.15) is 16.9 Å². The Morgan fingerprint density at radius 3 is 2.87 bits per heavy atom. The molecule has 3 aliphatic heterocycles. The fourth-order valence-electron chi connectivity index (χ4n) is 5.81. The van der Waals surface area contributed by atoms with Gasteiger partial charge in [-0.25, -0.2) is 14.2 Å². The van der Waals surface area contributed by atoms with Crippen molar-refractivity contribution in [1.82, 2.24) is 25.5 Å². The summed E-state index contributed by atoms with van der Waals surface area (Å²) in [6.45, 7) is 3.88. The number of H-pyrrole nitrogens is 1. The van der Waals surface area contributed by atoms with Gasteiger partial charge < -0.3 is 30.4 Å². The van der Waals surface area contributed by atoms with E-state index in [1.165, 1.54) is 0 Å². The third-order valence-corrected chi connectivity index (χ3v) is 7.52. The number of likely N-dealkylation sites (tertiary alicyclic amines) is 1. The number of aliphatic hydroxyl groups excluding tert-OH is 1. The molecule has 0 saturated carbocycles. The SMILES string of the molecule is O=C1NCC2(CCN(CC3Cc4cc5[nH]c([C@@H]6C[C@@H](O)CN6)nc5c(F)c4C3)CC2)O1.